The highest BCUT2D eigenvalue weighted by atomic mass is 16.6. The lowest BCUT2D eigenvalue weighted by molar-refractivity contribution is -0.0590. The molecule has 1 heterocycles. The van der Waals surface area contributed by atoms with E-state index >= 15 is 0 Å². The van der Waals surface area contributed by atoms with Gasteiger partial charge in [-0.2, -0.15) is 0 Å². The second kappa shape index (κ2) is 5.65. The van der Waals surface area contributed by atoms with Gasteiger partial charge in [-0.3, -0.25) is 0 Å². The Balaban J connectivity index is 1.71. The van der Waals surface area contributed by atoms with Crippen LogP contribution in [0.5, 0.6) is 0 Å². The third-order valence-electron chi connectivity index (χ3n) is 2.51. The molecule has 0 aliphatic carbocycles. The topological polar surface area (TPSA) is 67.8 Å². The maximum atomic E-state index is 11.4. The molecule has 1 unspecified atom stereocenters. The van der Waals surface area contributed by atoms with Crippen LogP contribution in [-0.2, 0) is 16.1 Å². The molecule has 1 aliphatic heterocycles. The van der Waals surface area contributed by atoms with Crippen LogP contribution in [0.2, 0.25) is 0 Å². The van der Waals surface area contributed by atoms with Gasteiger partial charge in [-0.15, -0.1) is 0 Å². The second-order valence-corrected chi connectivity index (χ2v) is 3.93. The Morgan fingerprint density at radius 3 is 2.88 bits per heavy atom. The fourth-order valence-electron chi connectivity index (χ4n) is 1.64. The molecule has 1 amide bonds. The van der Waals surface area contributed by atoms with Crippen molar-refractivity contribution < 1.29 is 19.4 Å². The lowest BCUT2D eigenvalue weighted by Gasteiger charge is -2.10. The van der Waals surface area contributed by atoms with E-state index < -0.39 is 12.4 Å². The number of carbonyl (C=O) groups excluding carboxylic acids is 1. The van der Waals surface area contributed by atoms with Crippen LogP contribution in [0.25, 0.3) is 0 Å². The van der Waals surface area contributed by atoms with E-state index in [1.54, 1.807) is 0 Å². The van der Waals surface area contributed by atoms with Crippen molar-refractivity contribution >= 4 is 6.09 Å². The molecule has 2 rings (SSSR count). The second-order valence-electron chi connectivity index (χ2n) is 3.93. The van der Waals surface area contributed by atoms with Crippen molar-refractivity contribution in [2.75, 3.05) is 6.61 Å². The Morgan fingerprint density at radius 1 is 1.47 bits per heavy atom. The summed E-state index contributed by atoms with van der Waals surface area (Å²) in [5.41, 5.74) is 0.936. The first-order valence-electron chi connectivity index (χ1n) is 5.51. The molecule has 5 heteroatoms. The van der Waals surface area contributed by atoms with Gasteiger partial charge in [-0.1, -0.05) is 30.3 Å². The summed E-state index contributed by atoms with van der Waals surface area (Å²) in [7, 11) is 0. The summed E-state index contributed by atoms with van der Waals surface area (Å²) in [6, 6.07) is 9.27. The molecule has 2 atom stereocenters. The first-order chi connectivity index (χ1) is 8.24. The Morgan fingerprint density at radius 2 is 2.24 bits per heavy atom. The van der Waals surface area contributed by atoms with Crippen LogP contribution >= 0.6 is 0 Å². The van der Waals surface area contributed by atoms with Crippen LogP contribution in [0.3, 0.4) is 0 Å². The van der Waals surface area contributed by atoms with Gasteiger partial charge in [0.05, 0.1) is 12.6 Å². The summed E-state index contributed by atoms with van der Waals surface area (Å²) in [6.45, 7) is 0.560. The van der Waals surface area contributed by atoms with E-state index in [0.717, 1.165) is 5.56 Å². The number of benzene rings is 1. The van der Waals surface area contributed by atoms with Gasteiger partial charge in [-0.25, -0.2) is 4.79 Å². The molecule has 2 N–H and O–H groups in total. The minimum atomic E-state index is -0.783. The summed E-state index contributed by atoms with van der Waals surface area (Å²) in [5.74, 6) is 0. The molecule has 1 aliphatic rings. The van der Waals surface area contributed by atoms with E-state index in [-0.39, 0.29) is 12.6 Å². The highest BCUT2D eigenvalue weighted by Gasteiger charge is 2.25. The number of amides is 1. The summed E-state index contributed by atoms with van der Waals surface area (Å²) in [4.78, 5) is 11.4. The Kier molecular flexibility index (Phi) is 3.95. The number of rotatable bonds is 3. The van der Waals surface area contributed by atoms with E-state index in [4.69, 9.17) is 14.6 Å². The molecule has 0 saturated carbocycles. The summed E-state index contributed by atoms with van der Waals surface area (Å²) < 4.78 is 9.95. The fraction of sp³-hybridized carbons (Fsp3) is 0.417. The molecule has 1 aromatic carbocycles. The van der Waals surface area contributed by atoms with E-state index in [2.05, 4.69) is 5.32 Å². The minimum Gasteiger partial charge on any atom is -0.445 e. The number of aliphatic hydroxyl groups is 1. The summed E-state index contributed by atoms with van der Waals surface area (Å²) in [5, 5.41) is 11.7. The van der Waals surface area contributed by atoms with Crippen molar-refractivity contribution in [2.45, 2.75) is 25.4 Å². The molecule has 92 valence electrons. The van der Waals surface area contributed by atoms with E-state index in [1.165, 1.54) is 0 Å². The van der Waals surface area contributed by atoms with Gasteiger partial charge >= 0.3 is 6.09 Å². The maximum Gasteiger partial charge on any atom is 0.407 e. The van der Waals surface area contributed by atoms with Crippen molar-refractivity contribution in [3.63, 3.8) is 0 Å². The molecule has 0 spiro atoms. The smallest absolute Gasteiger partial charge is 0.407 e. The summed E-state index contributed by atoms with van der Waals surface area (Å²) >= 11 is 0. The maximum absolute atomic E-state index is 11.4. The molecule has 0 bridgehead atoms. The monoisotopic (exact) mass is 237 g/mol. The van der Waals surface area contributed by atoms with Gasteiger partial charge in [0.25, 0.3) is 0 Å². The van der Waals surface area contributed by atoms with Crippen molar-refractivity contribution in [3.8, 4) is 0 Å². The van der Waals surface area contributed by atoms with Crippen molar-refractivity contribution in [1.82, 2.24) is 5.32 Å². The Bertz CT molecular complexity index is 368. The molecular weight excluding hydrogens is 222 g/mol. The number of nitrogens with one attached hydrogen (secondary N) is 1. The molecule has 5 nitrogen and oxygen atoms in total. The lowest BCUT2D eigenvalue weighted by Crippen LogP contribution is -2.35. The van der Waals surface area contributed by atoms with Crippen LogP contribution in [0.1, 0.15) is 12.0 Å². The SMILES string of the molecule is O=C(N[C@@H]1COC(O)C1)OCc1ccccc1. The predicted molar refractivity (Wildman–Crippen MR) is 60.1 cm³/mol. The standard InChI is InChI=1S/C12H15NO4/c14-11-6-10(8-16-11)13-12(15)17-7-9-4-2-1-3-5-9/h1-5,10-11,14H,6-8H2,(H,13,15)/t10-,11?/m0/s1. The zero-order valence-corrected chi connectivity index (χ0v) is 9.33. The fourth-order valence-corrected chi connectivity index (χ4v) is 1.64. The molecule has 1 saturated heterocycles. The first-order valence-corrected chi connectivity index (χ1v) is 5.51. The van der Waals surface area contributed by atoms with Crippen LogP contribution in [-0.4, -0.2) is 30.1 Å². The van der Waals surface area contributed by atoms with Crippen LogP contribution in [0.15, 0.2) is 30.3 Å². The zero-order chi connectivity index (χ0) is 12.1. The number of ether oxygens (including phenoxy) is 2. The van der Waals surface area contributed by atoms with Gasteiger partial charge in [0.1, 0.15) is 6.61 Å². The van der Waals surface area contributed by atoms with Crippen LogP contribution in [0, 0.1) is 0 Å². The third-order valence-corrected chi connectivity index (χ3v) is 2.51. The zero-order valence-electron chi connectivity index (χ0n) is 9.33. The minimum absolute atomic E-state index is 0.173. The largest absolute Gasteiger partial charge is 0.445 e. The van der Waals surface area contributed by atoms with Crippen molar-refractivity contribution in [1.29, 1.82) is 0 Å². The lowest BCUT2D eigenvalue weighted by atomic mass is 10.2. The highest BCUT2D eigenvalue weighted by molar-refractivity contribution is 5.67. The van der Waals surface area contributed by atoms with Gasteiger partial charge in [0.15, 0.2) is 6.29 Å². The van der Waals surface area contributed by atoms with Gasteiger partial charge in [0.2, 0.25) is 0 Å². The van der Waals surface area contributed by atoms with Crippen LogP contribution < -0.4 is 5.32 Å². The quantitative estimate of drug-likeness (QED) is 0.823. The molecule has 1 aromatic rings. The summed E-state index contributed by atoms with van der Waals surface area (Å²) in [6.07, 6.45) is -0.869. The third kappa shape index (κ3) is 3.72. The van der Waals surface area contributed by atoms with E-state index in [1.807, 2.05) is 30.3 Å². The highest BCUT2D eigenvalue weighted by Crippen LogP contribution is 2.10. The molecule has 0 aromatic heterocycles. The number of hydrogen-bond donors (Lipinski definition) is 2. The van der Waals surface area contributed by atoms with Gasteiger partial charge in [-0.05, 0) is 5.56 Å². The van der Waals surface area contributed by atoms with E-state index in [0.29, 0.717) is 13.0 Å². The van der Waals surface area contributed by atoms with Crippen molar-refractivity contribution in [3.05, 3.63) is 35.9 Å². The van der Waals surface area contributed by atoms with E-state index in [9.17, 15) is 4.79 Å². The normalized spacial score (nSPS) is 23.4. The van der Waals surface area contributed by atoms with Crippen LogP contribution in [0.4, 0.5) is 4.79 Å². The Labute approximate surface area is 99.3 Å². The first kappa shape index (κ1) is 11.9. The number of hydrogen-bond acceptors (Lipinski definition) is 4. The molecule has 1 fully saturated rings. The molecule has 0 radical (unpaired) electrons. The number of carbonyl (C=O) groups is 1. The van der Waals surface area contributed by atoms with Gasteiger partial charge < -0.3 is 19.9 Å². The average Bonchev–Trinajstić information content (AvgIpc) is 2.73. The van der Waals surface area contributed by atoms with Crippen molar-refractivity contribution in [2.24, 2.45) is 0 Å². The molecule has 17 heavy (non-hydrogen) atoms. The average molecular weight is 237 g/mol. The molecular formula is C12H15NO4. The number of alkyl carbamates (subject to hydrolysis) is 1. The van der Waals surface area contributed by atoms with Gasteiger partial charge in [0, 0.05) is 6.42 Å². The predicted octanol–water partition coefficient (Wildman–Crippen LogP) is 1.02. The Hall–Kier alpha value is -1.59. The number of aliphatic hydroxyl groups excluding tert-OH is 1.